The molecule has 2 aromatic carbocycles. The van der Waals surface area contributed by atoms with Crippen LogP contribution < -0.4 is 10.2 Å². The van der Waals surface area contributed by atoms with Crippen molar-refractivity contribution in [2.45, 2.75) is 0 Å². The van der Waals surface area contributed by atoms with Crippen molar-refractivity contribution < 1.29 is 9.53 Å². The van der Waals surface area contributed by atoms with Gasteiger partial charge >= 0.3 is 0 Å². The third kappa shape index (κ3) is 3.67. The van der Waals surface area contributed by atoms with Crippen molar-refractivity contribution in [1.82, 2.24) is 15.6 Å². The number of methoxy groups -OCH3 is 1. The molecule has 0 unspecified atom stereocenters. The molecule has 1 heterocycles. The van der Waals surface area contributed by atoms with Crippen LogP contribution in [0.2, 0.25) is 0 Å². The van der Waals surface area contributed by atoms with Crippen molar-refractivity contribution in [2.75, 3.05) is 7.11 Å². The summed E-state index contributed by atoms with van der Waals surface area (Å²) in [7, 11) is 1.60. The first-order valence-corrected chi connectivity index (χ1v) is 7.34. The third-order valence-corrected chi connectivity index (χ3v) is 3.37. The fourth-order valence-electron chi connectivity index (χ4n) is 2.13. The van der Waals surface area contributed by atoms with E-state index < -0.39 is 0 Å². The molecule has 0 aliphatic carbocycles. The first-order valence-electron chi connectivity index (χ1n) is 7.34. The average Bonchev–Trinajstić information content (AvgIpc) is 3.13. The molecule has 0 spiro atoms. The van der Waals surface area contributed by atoms with Gasteiger partial charge < -0.3 is 4.74 Å². The largest absolute Gasteiger partial charge is 0.497 e. The van der Waals surface area contributed by atoms with Crippen LogP contribution in [0.3, 0.4) is 0 Å². The molecule has 0 aliphatic rings. The van der Waals surface area contributed by atoms with Gasteiger partial charge in [-0.1, -0.05) is 42.5 Å². The smallest absolute Gasteiger partial charge is 0.289 e. The molecule has 1 amide bonds. The molecule has 3 rings (SSSR count). The van der Waals surface area contributed by atoms with Crippen LogP contribution in [0, 0.1) is 0 Å². The summed E-state index contributed by atoms with van der Waals surface area (Å²) in [6.45, 7) is 0. The Balaban J connectivity index is 1.68. The molecule has 0 atom stereocenters. The van der Waals surface area contributed by atoms with Crippen LogP contribution in [0.1, 0.15) is 16.1 Å². The second-order valence-electron chi connectivity index (χ2n) is 5.01. The molecular weight excluding hydrogens is 304 g/mol. The lowest BCUT2D eigenvalue weighted by molar-refractivity contribution is 0.0950. The summed E-state index contributed by atoms with van der Waals surface area (Å²) in [5.74, 6) is 0.373. The molecule has 0 saturated heterocycles. The van der Waals surface area contributed by atoms with E-state index in [9.17, 15) is 4.79 Å². The number of ether oxygens (including phenoxy) is 1. The fourth-order valence-corrected chi connectivity index (χ4v) is 2.13. The molecule has 6 heteroatoms. The van der Waals surface area contributed by atoms with E-state index in [-0.39, 0.29) is 5.91 Å². The molecule has 120 valence electrons. The Labute approximate surface area is 139 Å². The number of hydrazone groups is 1. The van der Waals surface area contributed by atoms with Crippen LogP contribution in [0.4, 0.5) is 0 Å². The number of H-pyrrole nitrogens is 1. The van der Waals surface area contributed by atoms with Gasteiger partial charge in [-0.25, -0.2) is 5.43 Å². The fraction of sp³-hybridized carbons (Fsp3) is 0.0556. The third-order valence-electron chi connectivity index (χ3n) is 3.37. The summed E-state index contributed by atoms with van der Waals surface area (Å²) in [6.07, 6.45) is 1.58. The molecule has 0 bridgehead atoms. The van der Waals surface area contributed by atoms with Gasteiger partial charge in [-0.15, -0.1) is 0 Å². The number of nitrogens with zero attached hydrogens (tertiary/aromatic N) is 2. The molecule has 0 radical (unpaired) electrons. The van der Waals surface area contributed by atoms with Gasteiger partial charge in [0.2, 0.25) is 0 Å². The predicted molar refractivity (Wildman–Crippen MR) is 92.1 cm³/mol. The molecule has 24 heavy (non-hydrogen) atoms. The zero-order chi connectivity index (χ0) is 16.8. The van der Waals surface area contributed by atoms with Crippen LogP contribution in [0.5, 0.6) is 5.75 Å². The standard InChI is InChI=1S/C18H16N4O2/c1-24-15-9-5-8-14(10-15)16-11-17(21-20-16)18(23)22-19-12-13-6-3-2-4-7-13/h2-12H,1H3,(H,20,21)(H,22,23)/b19-12+. The van der Waals surface area contributed by atoms with Gasteiger partial charge in [-0.3, -0.25) is 9.89 Å². The first kappa shape index (κ1) is 15.5. The molecular formula is C18H16N4O2. The van der Waals surface area contributed by atoms with E-state index in [0.717, 1.165) is 16.9 Å². The van der Waals surface area contributed by atoms with E-state index in [0.29, 0.717) is 11.4 Å². The summed E-state index contributed by atoms with van der Waals surface area (Å²) in [6, 6.07) is 18.6. The van der Waals surface area contributed by atoms with Gasteiger partial charge in [0.05, 0.1) is 19.0 Å². The van der Waals surface area contributed by atoms with Crippen molar-refractivity contribution in [1.29, 1.82) is 0 Å². The Morgan fingerprint density at radius 2 is 2.00 bits per heavy atom. The highest BCUT2D eigenvalue weighted by atomic mass is 16.5. The number of hydrogen-bond donors (Lipinski definition) is 2. The maximum atomic E-state index is 12.1. The Morgan fingerprint density at radius 1 is 1.17 bits per heavy atom. The number of nitrogens with one attached hydrogen (secondary N) is 2. The van der Waals surface area contributed by atoms with Gasteiger partial charge in [-0.2, -0.15) is 10.2 Å². The van der Waals surface area contributed by atoms with Crippen LogP contribution >= 0.6 is 0 Å². The summed E-state index contributed by atoms with van der Waals surface area (Å²) in [5.41, 5.74) is 5.22. The van der Waals surface area contributed by atoms with Gasteiger partial charge in [0.1, 0.15) is 11.4 Å². The van der Waals surface area contributed by atoms with E-state index in [1.54, 1.807) is 19.4 Å². The van der Waals surface area contributed by atoms with Crippen molar-refractivity contribution in [2.24, 2.45) is 5.10 Å². The number of carbonyl (C=O) groups excluding carboxylic acids is 1. The Kier molecular flexibility index (Phi) is 4.67. The number of hydrogen-bond acceptors (Lipinski definition) is 4. The molecule has 0 aliphatic heterocycles. The minimum atomic E-state index is -0.358. The van der Waals surface area contributed by atoms with Crippen LogP contribution in [-0.4, -0.2) is 29.4 Å². The first-order chi connectivity index (χ1) is 11.8. The number of aromatic nitrogens is 2. The second-order valence-corrected chi connectivity index (χ2v) is 5.01. The molecule has 0 fully saturated rings. The van der Waals surface area contributed by atoms with Crippen molar-refractivity contribution >= 4 is 12.1 Å². The van der Waals surface area contributed by atoms with Crippen LogP contribution in [0.25, 0.3) is 11.3 Å². The highest BCUT2D eigenvalue weighted by molar-refractivity contribution is 5.94. The van der Waals surface area contributed by atoms with Gasteiger partial charge in [0, 0.05) is 5.56 Å². The van der Waals surface area contributed by atoms with E-state index in [1.165, 1.54) is 0 Å². The normalized spacial score (nSPS) is 10.7. The topological polar surface area (TPSA) is 79.4 Å². The zero-order valence-corrected chi connectivity index (χ0v) is 13.1. The quantitative estimate of drug-likeness (QED) is 0.560. The molecule has 2 N–H and O–H groups in total. The Hall–Kier alpha value is -3.41. The van der Waals surface area contributed by atoms with E-state index in [2.05, 4.69) is 20.7 Å². The zero-order valence-electron chi connectivity index (χ0n) is 13.1. The lowest BCUT2D eigenvalue weighted by Crippen LogP contribution is -2.17. The minimum Gasteiger partial charge on any atom is -0.497 e. The lowest BCUT2D eigenvalue weighted by atomic mass is 10.1. The summed E-state index contributed by atoms with van der Waals surface area (Å²) < 4.78 is 5.19. The predicted octanol–water partition coefficient (Wildman–Crippen LogP) is 2.85. The highest BCUT2D eigenvalue weighted by Gasteiger charge is 2.10. The number of amides is 1. The lowest BCUT2D eigenvalue weighted by Gasteiger charge is -2.00. The maximum Gasteiger partial charge on any atom is 0.289 e. The van der Waals surface area contributed by atoms with E-state index in [1.807, 2.05) is 54.6 Å². The van der Waals surface area contributed by atoms with Crippen molar-refractivity contribution in [3.8, 4) is 17.0 Å². The Morgan fingerprint density at radius 3 is 2.79 bits per heavy atom. The van der Waals surface area contributed by atoms with Crippen LogP contribution in [0.15, 0.2) is 65.8 Å². The molecule has 0 saturated carbocycles. The monoisotopic (exact) mass is 320 g/mol. The van der Waals surface area contributed by atoms with Crippen molar-refractivity contribution in [3.63, 3.8) is 0 Å². The summed E-state index contributed by atoms with van der Waals surface area (Å²) in [4.78, 5) is 12.1. The maximum absolute atomic E-state index is 12.1. The van der Waals surface area contributed by atoms with Gasteiger partial charge in [-0.05, 0) is 23.8 Å². The number of aromatic amines is 1. The van der Waals surface area contributed by atoms with Crippen LogP contribution in [-0.2, 0) is 0 Å². The minimum absolute atomic E-state index is 0.332. The highest BCUT2D eigenvalue weighted by Crippen LogP contribution is 2.22. The van der Waals surface area contributed by atoms with Gasteiger partial charge in [0.25, 0.3) is 5.91 Å². The molecule has 3 aromatic rings. The summed E-state index contributed by atoms with van der Waals surface area (Å²) >= 11 is 0. The summed E-state index contributed by atoms with van der Waals surface area (Å²) in [5, 5.41) is 10.8. The van der Waals surface area contributed by atoms with E-state index in [4.69, 9.17) is 4.74 Å². The van der Waals surface area contributed by atoms with E-state index >= 15 is 0 Å². The van der Waals surface area contributed by atoms with Crippen molar-refractivity contribution in [3.05, 3.63) is 71.9 Å². The molecule has 1 aromatic heterocycles. The number of benzene rings is 2. The second kappa shape index (κ2) is 7.23. The number of carbonyl (C=O) groups is 1. The SMILES string of the molecule is COc1cccc(-c2cc(C(=O)N/N=C/c3ccccc3)[nH]n2)c1. The Bertz CT molecular complexity index is 856. The van der Waals surface area contributed by atoms with Gasteiger partial charge in [0.15, 0.2) is 0 Å². The molecule has 6 nitrogen and oxygen atoms in total. The average molecular weight is 320 g/mol. The number of rotatable bonds is 5.